The van der Waals surface area contributed by atoms with Crippen LogP contribution in [-0.4, -0.2) is 15.2 Å². The lowest BCUT2D eigenvalue weighted by atomic mass is 10.2. The number of hydrogen-bond acceptors (Lipinski definition) is 4. The van der Waals surface area contributed by atoms with Gasteiger partial charge in [0.1, 0.15) is 5.03 Å². The number of hydrogen-bond donors (Lipinski definition) is 2. The van der Waals surface area contributed by atoms with Crippen molar-refractivity contribution in [2.24, 2.45) is 0 Å². The first-order valence-electron chi connectivity index (χ1n) is 5.25. The lowest BCUT2D eigenvalue weighted by Crippen LogP contribution is -1.89. The molecule has 0 saturated carbocycles. The van der Waals surface area contributed by atoms with E-state index < -0.39 is 0 Å². The van der Waals surface area contributed by atoms with Crippen LogP contribution in [0.1, 0.15) is 0 Å². The van der Waals surface area contributed by atoms with Crippen LogP contribution in [0.2, 0.25) is 0 Å². The average Bonchev–Trinajstić information content (AvgIpc) is 2.79. The van der Waals surface area contributed by atoms with E-state index in [4.69, 9.17) is 5.73 Å². The van der Waals surface area contributed by atoms with Gasteiger partial charge in [0.15, 0.2) is 0 Å². The smallest absolute Gasteiger partial charge is 0.115 e. The first-order valence-corrected chi connectivity index (χ1v) is 6.86. The van der Waals surface area contributed by atoms with Crippen LogP contribution >= 0.6 is 27.7 Å². The van der Waals surface area contributed by atoms with E-state index in [9.17, 15) is 0 Å². The minimum Gasteiger partial charge on any atom is -0.398 e. The quantitative estimate of drug-likeness (QED) is 0.709. The summed E-state index contributed by atoms with van der Waals surface area (Å²) < 4.78 is 0.958. The number of nitrogen functional groups attached to an aromatic ring is 1. The van der Waals surface area contributed by atoms with Gasteiger partial charge in [-0.3, -0.25) is 5.10 Å². The Bertz CT molecular complexity index is 710. The number of nitrogens with one attached hydrogen (secondary N) is 1. The van der Waals surface area contributed by atoms with Gasteiger partial charge in [-0.15, -0.1) is 0 Å². The SMILES string of the molecule is Nc1cc2cn[nH]c2cc1Sc1ncccc1Br. The second-order valence-electron chi connectivity index (χ2n) is 3.74. The van der Waals surface area contributed by atoms with Crippen molar-refractivity contribution in [3.05, 3.63) is 41.1 Å². The van der Waals surface area contributed by atoms with E-state index in [1.807, 2.05) is 24.3 Å². The van der Waals surface area contributed by atoms with Gasteiger partial charge in [0, 0.05) is 22.2 Å². The molecule has 3 N–H and O–H groups in total. The highest BCUT2D eigenvalue weighted by Gasteiger charge is 2.08. The molecule has 0 amide bonds. The van der Waals surface area contributed by atoms with Gasteiger partial charge >= 0.3 is 0 Å². The second-order valence-corrected chi connectivity index (χ2v) is 5.62. The number of aromatic nitrogens is 3. The van der Waals surface area contributed by atoms with E-state index in [0.717, 1.165) is 31.0 Å². The number of anilines is 1. The molecule has 0 aliphatic heterocycles. The molecule has 0 aliphatic rings. The van der Waals surface area contributed by atoms with Crippen LogP contribution in [0.4, 0.5) is 5.69 Å². The summed E-state index contributed by atoms with van der Waals surface area (Å²) in [5.74, 6) is 0. The summed E-state index contributed by atoms with van der Waals surface area (Å²) in [4.78, 5) is 5.28. The number of H-pyrrole nitrogens is 1. The van der Waals surface area contributed by atoms with Crippen LogP contribution in [0.25, 0.3) is 10.9 Å². The maximum absolute atomic E-state index is 6.04. The lowest BCUT2D eigenvalue weighted by Gasteiger charge is -2.06. The Morgan fingerprint density at radius 1 is 1.33 bits per heavy atom. The minimum absolute atomic E-state index is 0.728. The molecule has 0 bridgehead atoms. The van der Waals surface area contributed by atoms with Gasteiger partial charge in [-0.05, 0) is 40.2 Å². The van der Waals surface area contributed by atoms with E-state index >= 15 is 0 Å². The summed E-state index contributed by atoms with van der Waals surface area (Å²) in [5.41, 5.74) is 7.74. The van der Waals surface area contributed by atoms with Crippen molar-refractivity contribution in [3.63, 3.8) is 0 Å². The molecule has 18 heavy (non-hydrogen) atoms. The van der Waals surface area contributed by atoms with Gasteiger partial charge in [0.05, 0.1) is 16.2 Å². The lowest BCUT2D eigenvalue weighted by molar-refractivity contribution is 1.11. The molecule has 0 fully saturated rings. The van der Waals surface area contributed by atoms with Crippen LogP contribution in [0, 0.1) is 0 Å². The molecule has 0 spiro atoms. The van der Waals surface area contributed by atoms with E-state index in [-0.39, 0.29) is 0 Å². The topological polar surface area (TPSA) is 67.6 Å². The second kappa shape index (κ2) is 4.62. The molecule has 6 heteroatoms. The van der Waals surface area contributed by atoms with Crippen LogP contribution in [0.3, 0.4) is 0 Å². The zero-order valence-electron chi connectivity index (χ0n) is 9.22. The van der Waals surface area contributed by atoms with E-state index in [0.29, 0.717) is 0 Å². The molecule has 0 aliphatic carbocycles. The van der Waals surface area contributed by atoms with Crippen molar-refractivity contribution in [2.45, 2.75) is 9.92 Å². The number of rotatable bonds is 2. The predicted octanol–water partition coefficient (Wildman–Crippen LogP) is 3.45. The molecule has 3 aromatic rings. The number of fused-ring (bicyclic) bond motifs is 1. The third-order valence-corrected chi connectivity index (χ3v) is 4.50. The molecular weight excluding hydrogens is 312 g/mol. The Morgan fingerprint density at radius 3 is 3.06 bits per heavy atom. The van der Waals surface area contributed by atoms with Gasteiger partial charge in [-0.2, -0.15) is 5.10 Å². The number of pyridine rings is 1. The summed E-state index contributed by atoms with van der Waals surface area (Å²) in [7, 11) is 0. The van der Waals surface area contributed by atoms with E-state index in [2.05, 4.69) is 31.1 Å². The molecule has 0 saturated heterocycles. The zero-order valence-corrected chi connectivity index (χ0v) is 11.6. The van der Waals surface area contributed by atoms with Crippen LogP contribution in [-0.2, 0) is 0 Å². The van der Waals surface area contributed by atoms with E-state index in [1.165, 1.54) is 11.8 Å². The molecule has 90 valence electrons. The molecule has 0 radical (unpaired) electrons. The Labute approximate surface area is 116 Å². The van der Waals surface area contributed by atoms with Gasteiger partial charge in [-0.1, -0.05) is 11.8 Å². The normalized spacial score (nSPS) is 10.9. The first kappa shape index (κ1) is 11.6. The molecule has 3 rings (SSSR count). The minimum atomic E-state index is 0.728. The maximum Gasteiger partial charge on any atom is 0.115 e. The van der Waals surface area contributed by atoms with Crippen molar-refractivity contribution in [1.29, 1.82) is 0 Å². The Morgan fingerprint density at radius 2 is 2.22 bits per heavy atom. The molecule has 2 heterocycles. The summed E-state index contributed by atoms with van der Waals surface area (Å²) in [5, 5.41) is 8.83. The third kappa shape index (κ3) is 2.09. The van der Waals surface area contributed by atoms with Crippen molar-refractivity contribution >= 4 is 44.3 Å². The average molecular weight is 321 g/mol. The molecule has 0 unspecified atom stereocenters. The fourth-order valence-electron chi connectivity index (χ4n) is 1.63. The van der Waals surface area contributed by atoms with Crippen molar-refractivity contribution in [2.75, 3.05) is 5.73 Å². The monoisotopic (exact) mass is 320 g/mol. The van der Waals surface area contributed by atoms with Crippen molar-refractivity contribution < 1.29 is 0 Å². The fraction of sp³-hybridized carbons (Fsp3) is 0. The highest BCUT2D eigenvalue weighted by Crippen LogP contribution is 2.36. The summed E-state index contributed by atoms with van der Waals surface area (Å²) in [6.45, 7) is 0. The molecule has 1 aromatic carbocycles. The summed E-state index contributed by atoms with van der Waals surface area (Å²) in [6, 6.07) is 7.75. The fourth-order valence-corrected chi connectivity index (χ4v) is 2.97. The Hall–Kier alpha value is -1.53. The predicted molar refractivity (Wildman–Crippen MR) is 76.6 cm³/mol. The molecule has 4 nitrogen and oxygen atoms in total. The molecule has 2 aromatic heterocycles. The van der Waals surface area contributed by atoms with Crippen molar-refractivity contribution in [3.8, 4) is 0 Å². The number of halogens is 1. The molecular formula is C12H9BrN4S. The van der Waals surface area contributed by atoms with Gasteiger partial charge < -0.3 is 5.73 Å². The number of nitrogens with zero attached hydrogens (tertiary/aromatic N) is 2. The Balaban J connectivity index is 2.04. The molecule has 0 atom stereocenters. The Kier molecular flexibility index (Phi) is 2.97. The maximum atomic E-state index is 6.04. The summed E-state index contributed by atoms with van der Waals surface area (Å²) >= 11 is 5.00. The number of aromatic amines is 1. The van der Waals surface area contributed by atoms with Crippen molar-refractivity contribution in [1.82, 2.24) is 15.2 Å². The van der Waals surface area contributed by atoms with Gasteiger partial charge in [0.25, 0.3) is 0 Å². The number of nitrogens with two attached hydrogens (primary N) is 1. The van der Waals surface area contributed by atoms with Crippen LogP contribution in [0.5, 0.6) is 0 Å². The highest BCUT2D eigenvalue weighted by atomic mass is 79.9. The van der Waals surface area contributed by atoms with Crippen LogP contribution < -0.4 is 5.73 Å². The van der Waals surface area contributed by atoms with Gasteiger partial charge in [-0.25, -0.2) is 4.98 Å². The van der Waals surface area contributed by atoms with Gasteiger partial charge in [0.2, 0.25) is 0 Å². The van der Waals surface area contributed by atoms with Crippen LogP contribution in [0.15, 0.2) is 51.1 Å². The zero-order chi connectivity index (χ0) is 12.5. The summed E-state index contributed by atoms with van der Waals surface area (Å²) in [6.07, 6.45) is 3.52. The standard InChI is InChI=1S/C12H9BrN4S/c13-8-2-1-3-15-12(8)18-11-5-10-7(4-9(11)14)6-16-17-10/h1-6H,14H2,(H,16,17). The van der Waals surface area contributed by atoms with E-state index in [1.54, 1.807) is 12.4 Å². The number of benzene rings is 1. The third-order valence-electron chi connectivity index (χ3n) is 2.50. The first-order chi connectivity index (χ1) is 8.74. The highest BCUT2D eigenvalue weighted by molar-refractivity contribution is 9.10. The largest absolute Gasteiger partial charge is 0.398 e.